The highest BCUT2D eigenvalue weighted by Gasteiger charge is 2.55. The van der Waals surface area contributed by atoms with Crippen LogP contribution in [0.1, 0.15) is 38.4 Å². The van der Waals surface area contributed by atoms with E-state index in [-0.39, 0.29) is 18.4 Å². The molecule has 1 saturated heterocycles. The third-order valence-electron chi connectivity index (χ3n) is 5.19. The fourth-order valence-electron chi connectivity index (χ4n) is 3.61. The van der Waals surface area contributed by atoms with E-state index in [1.165, 1.54) is 6.26 Å². The van der Waals surface area contributed by atoms with Crippen molar-refractivity contribution in [2.45, 2.75) is 44.7 Å². The Labute approximate surface area is 156 Å². The number of ether oxygens (including phenoxy) is 1. The zero-order chi connectivity index (χ0) is 19.4. The largest absolute Gasteiger partial charge is 0.467 e. The predicted molar refractivity (Wildman–Crippen MR) is 92.1 cm³/mol. The first-order valence-electron chi connectivity index (χ1n) is 9.01. The van der Waals surface area contributed by atoms with Crippen molar-refractivity contribution in [1.29, 1.82) is 0 Å². The Hall–Kier alpha value is -2.84. The molecule has 146 valence electrons. The number of carbonyl (C=O) groups is 4. The number of rotatable bonds is 6. The van der Waals surface area contributed by atoms with E-state index in [0.717, 1.165) is 24.2 Å². The molecule has 27 heavy (non-hydrogen) atoms. The molecule has 1 spiro atoms. The van der Waals surface area contributed by atoms with Crippen LogP contribution in [0.4, 0.5) is 4.79 Å². The molecule has 2 atom stereocenters. The lowest BCUT2D eigenvalue weighted by Crippen LogP contribution is -2.54. The molecular weight excluding hydrogens is 354 g/mol. The molecule has 2 fully saturated rings. The minimum Gasteiger partial charge on any atom is -0.467 e. The lowest BCUT2D eigenvalue weighted by atomic mass is 9.73. The first kappa shape index (κ1) is 18.9. The summed E-state index contributed by atoms with van der Waals surface area (Å²) < 4.78 is 9.95. The van der Waals surface area contributed by atoms with Gasteiger partial charge in [-0.2, -0.15) is 0 Å². The van der Waals surface area contributed by atoms with Gasteiger partial charge in [0.2, 0.25) is 0 Å². The SMILES string of the molecule is C[C@@H]1CCCC[C@]12NC(=O)N(CC(=O)OCC(=O)NCc1ccco1)C2=O. The van der Waals surface area contributed by atoms with Crippen molar-refractivity contribution in [3.8, 4) is 0 Å². The molecule has 1 aliphatic carbocycles. The molecular formula is C18H23N3O6. The number of imide groups is 1. The molecule has 4 amide bonds. The Morgan fingerprint density at radius 1 is 1.41 bits per heavy atom. The van der Waals surface area contributed by atoms with Crippen molar-refractivity contribution in [3.63, 3.8) is 0 Å². The third-order valence-corrected chi connectivity index (χ3v) is 5.19. The first-order chi connectivity index (χ1) is 12.9. The molecule has 1 aromatic rings. The van der Waals surface area contributed by atoms with Crippen LogP contribution in [0.5, 0.6) is 0 Å². The molecule has 0 radical (unpaired) electrons. The third kappa shape index (κ3) is 3.96. The Kier molecular flexibility index (Phi) is 5.48. The molecule has 0 unspecified atom stereocenters. The van der Waals surface area contributed by atoms with Crippen LogP contribution in [0.25, 0.3) is 0 Å². The van der Waals surface area contributed by atoms with Crippen molar-refractivity contribution < 1.29 is 28.3 Å². The predicted octanol–water partition coefficient (Wildman–Crippen LogP) is 0.940. The van der Waals surface area contributed by atoms with Crippen molar-refractivity contribution in [3.05, 3.63) is 24.2 Å². The smallest absolute Gasteiger partial charge is 0.326 e. The molecule has 0 aromatic carbocycles. The second kappa shape index (κ2) is 7.81. The zero-order valence-electron chi connectivity index (χ0n) is 15.2. The van der Waals surface area contributed by atoms with Gasteiger partial charge >= 0.3 is 12.0 Å². The van der Waals surface area contributed by atoms with Gasteiger partial charge in [-0.1, -0.05) is 19.8 Å². The number of hydrogen-bond acceptors (Lipinski definition) is 6. The fraction of sp³-hybridized carbons (Fsp3) is 0.556. The number of amides is 4. The summed E-state index contributed by atoms with van der Waals surface area (Å²) in [5.41, 5.74) is -0.921. The van der Waals surface area contributed by atoms with Crippen LogP contribution in [0.3, 0.4) is 0 Å². The quantitative estimate of drug-likeness (QED) is 0.563. The second-order valence-electron chi connectivity index (χ2n) is 6.96. The summed E-state index contributed by atoms with van der Waals surface area (Å²) in [5, 5.41) is 5.30. The van der Waals surface area contributed by atoms with Gasteiger partial charge in [0.15, 0.2) is 6.61 Å². The highest BCUT2D eigenvalue weighted by Crippen LogP contribution is 2.38. The van der Waals surface area contributed by atoms with Gasteiger partial charge in [-0.3, -0.25) is 19.3 Å². The standard InChI is InChI=1S/C18H23N3O6/c1-12-5-2-3-7-18(12)16(24)21(17(25)20-18)10-15(23)27-11-14(22)19-9-13-6-4-8-26-13/h4,6,8,12H,2-3,5,7,9-11H2,1H3,(H,19,22)(H,20,25)/t12-,18+/m1/s1. The van der Waals surface area contributed by atoms with Gasteiger partial charge in [0.05, 0.1) is 12.8 Å². The van der Waals surface area contributed by atoms with Crippen molar-refractivity contribution in [2.75, 3.05) is 13.2 Å². The van der Waals surface area contributed by atoms with E-state index >= 15 is 0 Å². The Balaban J connectivity index is 1.48. The van der Waals surface area contributed by atoms with Crippen molar-refractivity contribution in [1.82, 2.24) is 15.5 Å². The van der Waals surface area contributed by atoms with E-state index in [1.54, 1.807) is 12.1 Å². The highest BCUT2D eigenvalue weighted by molar-refractivity contribution is 6.09. The van der Waals surface area contributed by atoms with Gasteiger partial charge in [0.1, 0.15) is 17.8 Å². The molecule has 2 N–H and O–H groups in total. The molecule has 1 saturated carbocycles. The molecule has 9 heteroatoms. The summed E-state index contributed by atoms with van der Waals surface area (Å²) in [4.78, 5) is 49.5. The molecule has 1 aromatic heterocycles. The topological polar surface area (TPSA) is 118 Å². The van der Waals surface area contributed by atoms with Crippen LogP contribution >= 0.6 is 0 Å². The second-order valence-corrected chi connectivity index (χ2v) is 6.96. The maximum absolute atomic E-state index is 12.8. The fourth-order valence-corrected chi connectivity index (χ4v) is 3.61. The Morgan fingerprint density at radius 3 is 2.93 bits per heavy atom. The summed E-state index contributed by atoms with van der Waals surface area (Å²) in [6, 6.07) is 2.80. The van der Waals surface area contributed by atoms with Gasteiger partial charge in [-0.25, -0.2) is 4.79 Å². The van der Waals surface area contributed by atoms with E-state index in [2.05, 4.69) is 10.6 Å². The average Bonchev–Trinajstić information content (AvgIpc) is 3.24. The van der Waals surface area contributed by atoms with Crippen LogP contribution in [0, 0.1) is 5.92 Å². The number of furan rings is 1. The monoisotopic (exact) mass is 377 g/mol. The summed E-state index contributed by atoms with van der Waals surface area (Å²) in [7, 11) is 0. The van der Waals surface area contributed by atoms with Gasteiger partial charge in [0, 0.05) is 0 Å². The summed E-state index contributed by atoms with van der Waals surface area (Å²) in [6.45, 7) is 1.11. The Morgan fingerprint density at radius 2 is 2.22 bits per heavy atom. The molecule has 2 aliphatic rings. The summed E-state index contributed by atoms with van der Waals surface area (Å²) in [6.07, 6.45) is 4.77. The van der Waals surface area contributed by atoms with Gasteiger partial charge in [-0.05, 0) is 30.9 Å². The normalized spacial score (nSPS) is 24.8. The van der Waals surface area contributed by atoms with Crippen molar-refractivity contribution in [2.24, 2.45) is 5.92 Å². The number of nitrogens with zero attached hydrogens (tertiary/aromatic N) is 1. The number of nitrogens with one attached hydrogen (secondary N) is 2. The van der Waals surface area contributed by atoms with Gasteiger partial charge in [0.25, 0.3) is 11.8 Å². The van der Waals surface area contributed by atoms with Crippen LogP contribution in [0.15, 0.2) is 22.8 Å². The van der Waals surface area contributed by atoms with E-state index in [4.69, 9.17) is 9.15 Å². The van der Waals surface area contributed by atoms with E-state index in [9.17, 15) is 19.2 Å². The first-order valence-corrected chi connectivity index (χ1v) is 9.01. The van der Waals surface area contributed by atoms with Crippen LogP contribution in [-0.2, 0) is 25.7 Å². The molecule has 9 nitrogen and oxygen atoms in total. The Bertz CT molecular complexity index is 731. The number of hydrogen-bond donors (Lipinski definition) is 2. The summed E-state index contributed by atoms with van der Waals surface area (Å²) >= 11 is 0. The lowest BCUT2D eigenvalue weighted by molar-refractivity contribution is -0.151. The number of carbonyl (C=O) groups excluding carboxylic acids is 4. The average molecular weight is 377 g/mol. The van der Waals surface area contributed by atoms with Gasteiger partial charge < -0.3 is 19.8 Å². The van der Waals surface area contributed by atoms with Crippen LogP contribution in [-0.4, -0.2) is 47.4 Å². The summed E-state index contributed by atoms with van der Waals surface area (Å²) in [5.74, 6) is -1.13. The van der Waals surface area contributed by atoms with Crippen molar-refractivity contribution >= 4 is 23.8 Å². The van der Waals surface area contributed by atoms with E-state index in [0.29, 0.717) is 12.2 Å². The number of urea groups is 1. The van der Waals surface area contributed by atoms with Gasteiger partial charge in [-0.15, -0.1) is 0 Å². The number of esters is 1. The van der Waals surface area contributed by atoms with E-state index in [1.807, 2.05) is 6.92 Å². The molecule has 0 bridgehead atoms. The minimum absolute atomic E-state index is 0.0103. The highest BCUT2D eigenvalue weighted by atomic mass is 16.5. The maximum Gasteiger partial charge on any atom is 0.326 e. The molecule has 1 aliphatic heterocycles. The van der Waals surface area contributed by atoms with E-state index < -0.39 is 36.6 Å². The zero-order valence-corrected chi connectivity index (χ0v) is 15.2. The molecule has 3 rings (SSSR count). The minimum atomic E-state index is -0.921. The van der Waals surface area contributed by atoms with Crippen LogP contribution in [0.2, 0.25) is 0 Å². The maximum atomic E-state index is 12.8. The van der Waals surface area contributed by atoms with Crippen LogP contribution < -0.4 is 10.6 Å². The lowest BCUT2D eigenvalue weighted by Gasteiger charge is -2.36. The molecule has 2 heterocycles.